The molecule has 1 aliphatic rings. The molecule has 1 unspecified atom stereocenters. The molecule has 2 N–H and O–H groups in total. The number of carbonyl (C=O) groups excluding carboxylic acids is 3. The first-order chi connectivity index (χ1) is 13.1. The van der Waals surface area contributed by atoms with Crippen LogP contribution in [0.3, 0.4) is 0 Å². The predicted molar refractivity (Wildman–Crippen MR) is 94.3 cm³/mol. The molecule has 0 radical (unpaired) electrons. The van der Waals surface area contributed by atoms with Gasteiger partial charge in [0.05, 0.1) is 6.54 Å². The van der Waals surface area contributed by atoms with Crippen molar-refractivity contribution >= 4 is 61.8 Å². The first-order valence-corrected chi connectivity index (χ1v) is 9.94. The second kappa shape index (κ2) is 10.1. The summed E-state index contributed by atoms with van der Waals surface area (Å²) in [5.74, 6) is -3.08. The quantitative estimate of drug-likeness (QED) is 0.0708. The number of oxime groups is 1. The molecule has 0 spiro atoms. The Bertz CT molecular complexity index is 938. The number of ether oxygens (including phenoxy) is 1. The van der Waals surface area contributed by atoms with Gasteiger partial charge in [-0.3, -0.25) is 14.4 Å². The SMILES string of the molecule is CON=C(C(=O)NC1(OC)CN(S(=O)(=O)[O-])C1=O)c1csc(NC(=O)CCl)n1.[Na+]. The normalized spacial score (nSPS) is 19.1. The third kappa shape index (κ3) is 5.64. The molecule has 1 atom stereocenters. The van der Waals surface area contributed by atoms with E-state index in [0.29, 0.717) is 0 Å². The van der Waals surface area contributed by atoms with E-state index in [0.717, 1.165) is 25.6 Å². The number of rotatable bonds is 8. The number of amides is 3. The standard InChI is InChI=1S/C12H14ClN5O8S2.Na/c1-25-12(5-18(10(12)21)28(22,23)24)16-9(20)8(17-26-2)6-4-27-11(14-6)15-7(19)3-13;/h4H,3,5H2,1-2H3,(H,16,20)(H,14,15,19)(H,22,23,24);/q;+1/p-1. The Hall–Kier alpha value is -1.33. The van der Waals surface area contributed by atoms with E-state index in [-0.39, 0.29) is 50.6 Å². The van der Waals surface area contributed by atoms with E-state index in [4.69, 9.17) is 16.3 Å². The third-order valence-corrected chi connectivity index (χ3v) is 5.22. The van der Waals surface area contributed by atoms with E-state index in [2.05, 4.69) is 25.6 Å². The molecule has 1 fully saturated rings. The van der Waals surface area contributed by atoms with Crippen LogP contribution in [0.5, 0.6) is 0 Å². The van der Waals surface area contributed by atoms with Crippen LogP contribution in [0.4, 0.5) is 5.13 Å². The fourth-order valence-corrected chi connectivity index (χ4v) is 3.53. The maximum absolute atomic E-state index is 12.5. The summed E-state index contributed by atoms with van der Waals surface area (Å²) in [5, 5.41) is 9.57. The van der Waals surface area contributed by atoms with Crippen molar-refractivity contribution in [3.05, 3.63) is 11.1 Å². The molecule has 0 aliphatic carbocycles. The number of anilines is 1. The van der Waals surface area contributed by atoms with Gasteiger partial charge in [-0.1, -0.05) is 5.16 Å². The fourth-order valence-electron chi connectivity index (χ4n) is 2.06. The molecule has 1 aromatic heterocycles. The van der Waals surface area contributed by atoms with Gasteiger partial charge in [0, 0.05) is 12.5 Å². The summed E-state index contributed by atoms with van der Waals surface area (Å²) in [7, 11) is -2.84. The number of carbonyl (C=O) groups is 3. The molecule has 2 heterocycles. The number of alkyl halides is 1. The zero-order chi connectivity index (χ0) is 21.1. The number of halogens is 1. The van der Waals surface area contributed by atoms with Gasteiger partial charge in [0.25, 0.3) is 11.8 Å². The molecule has 17 heteroatoms. The van der Waals surface area contributed by atoms with Crippen LogP contribution < -0.4 is 40.2 Å². The minimum absolute atomic E-state index is 0. The molecule has 29 heavy (non-hydrogen) atoms. The van der Waals surface area contributed by atoms with E-state index in [9.17, 15) is 27.4 Å². The monoisotopic (exact) mass is 477 g/mol. The van der Waals surface area contributed by atoms with Crippen molar-refractivity contribution in [3.63, 3.8) is 0 Å². The van der Waals surface area contributed by atoms with Gasteiger partial charge in [-0.25, -0.2) is 17.7 Å². The first-order valence-electron chi connectivity index (χ1n) is 7.16. The molecule has 2 rings (SSSR count). The van der Waals surface area contributed by atoms with Crippen LogP contribution in [0.1, 0.15) is 5.69 Å². The fraction of sp³-hybridized carbons (Fsp3) is 0.417. The maximum Gasteiger partial charge on any atom is 1.00 e. The average molecular weight is 478 g/mol. The number of nitrogens with zero attached hydrogens (tertiary/aromatic N) is 3. The summed E-state index contributed by atoms with van der Waals surface area (Å²) in [6.07, 6.45) is 0. The number of β-lactam (4-membered cyclic amide) rings is 1. The van der Waals surface area contributed by atoms with Gasteiger partial charge in [0.1, 0.15) is 18.7 Å². The number of thiazole rings is 1. The van der Waals surface area contributed by atoms with Gasteiger partial charge in [0.2, 0.25) is 11.6 Å². The van der Waals surface area contributed by atoms with Crippen molar-refractivity contribution in [1.29, 1.82) is 0 Å². The molecular formula is C12H13ClN5NaO8S2. The van der Waals surface area contributed by atoms with E-state index < -0.39 is 46.0 Å². The number of hydrogen-bond donors (Lipinski definition) is 2. The summed E-state index contributed by atoms with van der Waals surface area (Å²) >= 11 is 6.35. The van der Waals surface area contributed by atoms with Crippen molar-refractivity contribution in [3.8, 4) is 0 Å². The van der Waals surface area contributed by atoms with Gasteiger partial charge < -0.3 is 24.8 Å². The molecule has 154 valence electrons. The van der Waals surface area contributed by atoms with Gasteiger partial charge in [0.15, 0.2) is 21.1 Å². The van der Waals surface area contributed by atoms with Gasteiger partial charge >= 0.3 is 29.6 Å². The predicted octanol–water partition coefficient (Wildman–Crippen LogP) is -4.56. The average Bonchev–Trinajstić information content (AvgIpc) is 3.08. The number of hydrogen-bond acceptors (Lipinski definition) is 11. The summed E-state index contributed by atoms with van der Waals surface area (Å²) in [5.41, 5.74) is -2.47. The van der Waals surface area contributed by atoms with Gasteiger partial charge in [-0.15, -0.1) is 22.9 Å². The summed E-state index contributed by atoms with van der Waals surface area (Å²) in [4.78, 5) is 44.5. The van der Waals surface area contributed by atoms with Crippen LogP contribution in [0.2, 0.25) is 0 Å². The smallest absolute Gasteiger partial charge is 0.731 e. The van der Waals surface area contributed by atoms with Crippen molar-refractivity contribution in [2.75, 3.05) is 32.0 Å². The Morgan fingerprint density at radius 3 is 2.62 bits per heavy atom. The minimum Gasteiger partial charge on any atom is -0.731 e. The minimum atomic E-state index is -5.04. The van der Waals surface area contributed by atoms with E-state index in [1.807, 2.05) is 0 Å². The second-order valence-electron chi connectivity index (χ2n) is 5.10. The Labute approximate surface area is 195 Å². The van der Waals surface area contributed by atoms with Crippen molar-refractivity contribution in [2.45, 2.75) is 5.72 Å². The Balaban J connectivity index is 0.00000420. The van der Waals surface area contributed by atoms with Crippen LogP contribution in [-0.4, -0.2) is 78.1 Å². The number of aromatic nitrogens is 1. The Morgan fingerprint density at radius 2 is 2.14 bits per heavy atom. The van der Waals surface area contributed by atoms with E-state index in [1.165, 1.54) is 5.38 Å². The molecular weight excluding hydrogens is 465 g/mol. The molecule has 0 saturated carbocycles. The summed E-state index contributed by atoms with van der Waals surface area (Å²) in [6, 6.07) is 0. The van der Waals surface area contributed by atoms with Crippen LogP contribution in [-0.2, 0) is 34.3 Å². The van der Waals surface area contributed by atoms with Crippen molar-refractivity contribution in [2.24, 2.45) is 5.16 Å². The molecule has 3 amide bonds. The Morgan fingerprint density at radius 1 is 1.48 bits per heavy atom. The third-order valence-electron chi connectivity index (χ3n) is 3.38. The topological polar surface area (TPSA) is 179 Å². The summed E-state index contributed by atoms with van der Waals surface area (Å²) in [6.45, 7) is -0.714. The molecule has 1 aliphatic heterocycles. The zero-order valence-corrected chi connectivity index (χ0v) is 19.7. The van der Waals surface area contributed by atoms with Crippen LogP contribution >= 0.6 is 22.9 Å². The molecule has 0 bridgehead atoms. The van der Waals surface area contributed by atoms with Crippen LogP contribution in [0.15, 0.2) is 10.5 Å². The van der Waals surface area contributed by atoms with Crippen molar-refractivity contribution in [1.82, 2.24) is 14.6 Å². The molecule has 1 aromatic rings. The van der Waals surface area contributed by atoms with Crippen molar-refractivity contribution < 1.29 is 66.5 Å². The largest absolute Gasteiger partial charge is 1.00 e. The van der Waals surface area contributed by atoms with Crippen LogP contribution in [0.25, 0.3) is 0 Å². The number of methoxy groups -OCH3 is 1. The number of nitrogens with one attached hydrogen (secondary N) is 2. The molecule has 0 aromatic carbocycles. The van der Waals surface area contributed by atoms with Gasteiger partial charge in [-0.05, 0) is 0 Å². The Kier molecular flexibility index (Phi) is 8.97. The van der Waals surface area contributed by atoms with E-state index >= 15 is 0 Å². The van der Waals surface area contributed by atoms with E-state index in [1.54, 1.807) is 0 Å². The zero-order valence-electron chi connectivity index (χ0n) is 15.3. The second-order valence-corrected chi connectivity index (χ2v) is 7.52. The molecule has 1 saturated heterocycles. The first kappa shape index (κ1) is 25.7. The van der Waals surface area contributed by atoms with Gasteiger partial charge in [-0.2, -0.15) is 0 Å². The molecule has 13 nitrogen and oxygen atoms in total. The summed E-state index contributed by atoms with van der Waals surface area (Å²) < 4.78 is 37.8. The maximum atomic E-state index is 12.5. The van der Waals surface area contributed by atoms with Crippen LogP contribution in [0, 0.1) is 0 Å².